The van der Waals surface area contributed by atoms with Gasteiger partial charge in [0.25, 0.3) is 0 Å². The maximum Gasteiger partial charge on any atom is 0.323 e. The highest BCUT2D eigenvalue weighted by Crippen LogP contribution is 2.28. The van der Waals surface area contributed by atoms with E-state index in [0.717, 1.165) is 21.9 Å². The van der Waals surface area contributed by atoms with Crippen LogP contribution in [0.4, 0.5) is 14.5 Å². The fourth-order valence-corrected chi connectivity index (χ4v) is 2.32. The molecule has 0 N–H and O–H groups in total. The van der Waals surface area contributed by atoms with Crippen molar-refractivity contribution in [3.63, 3.8) is 0 Å². The molecule has 21 heavy (non-hydrogen) atoms. The van der Waals surface area contributed by atoms with Gasteiger partial charge in [-0.05, 0) is 29.8 Å². The van der Waals surface area contributed by atoms with E-state index in [2.05, 4.69) is 0 Å². The number of anilines is 1. The van der Waals surface area contributed by atoms with E-state index in [1.165, 1.54) is 0 Å². The summed E-state index contributed by atoms with van der Waals surface area (Å²) in [5, 5.41) is -0.0922. The van der Waals surface area contributed by atoms with Crippen molar-refractivity contribution in [1.29, 1.82) is 0 Å². The number of carbonyl (C=O) groups excluding carboxylic acids is 2. The molecule has 112 valence electrons. The van der Waals surface area contributed by atoms with E-state index in [1.807, 2.05) is 20.8 Å². The monoisotopic (exact) mass is 312 g/mol. The molecule has 0 saturated carbocycles. The first-order valence-electron chi connectivity index (χ1n) is 6.27. The summed E-state index contributed by atoms with van der Waals surface area (Å²) in [7, 11) is 0. The Hall–Kier alpha value is -1.89. The van der Waals surface area contributed by atoms with Crippen LogP contribution < -0.4 is 4.90 Å². The predicted molar refractivity (Wildman–Crippen MR) is 77.6 cm³/mol. The molecule has 2 amide bonds. The quantitative estimate of drug-likeness (QED) is 0.622. The highest BCUT2D eigenvalue weighted by atomic mass is 32.1. The molecule has 0 aliphatic carbocycles. The van der Waals surface area contributed by atoms with Crippen molar-refractivity contribution in [3.8, 4) is 0 Å². The van der Waals surface area contributed by atoms with E-state index in [9.17, 15) is 18.4 Å². The molecule has 7 heteroatoms. The van der Waals surface area contributed by atoms with Crippen LogP contribution in [0.15, 0.2) is 18.2 Å². The lowest BCUT2D eigenvalue weighted by molar-refractivity contribution is -0.139. The van der Waals surface area contributed by atoms with Crippen LogP contribution in [0.5, 0.6) is 0 Å². The summed E-state index contributed by atoms with van der Waals surface area (Å²) in [6, 6.07) is 2.73. The van der Waals surface area contributed by atoms with E-state index in [4.69, 9.17) is 12.2 Å². The van der Waals surface area contributed by atoms with Crippen molar-refractivity contribution in [2.24, 2.45) is 5.41 Å². The van der Waals surface area contributed by atoms with Gasteiger partial charge < -0.3 is 0 Å². The zero-order valence-electron chi connectivity index (χ0n) is 11.8. The van der Waals surface area contributed by atoms with Crippen LogP contribution in [-0.2, 0) is 9.59 Å². The lowest BCUT2D eigenvalue weighted by Gasteiger charge is -2.26. The summed E-state index contributed by atoms with van der Waals surface area (Å²) in [5.74, 6) is -3.46. The molecule has 0 atom stereocenters. The first-order chi connectivity index (χ1) is 9.61. The Bertz CT molecular complexity index is 640. The molecule has 1 heterocycles. The number of nitrogens with zero attached hydrogens (tertiary/aromatic N) is 2. The van der Waals surface area contributed by atoms with Gasteiger partial charge in [0.15, 0.2) is 5.11 Å². The summed E-state index contributed by atoms with van der Waals surface area (Å²) in [6.45, 7) is 5.88. The third-order valence-corrected chi connectivity index (χ3v) is 3.24. The van der Waals surface area contributed by atoms with Gasteiger partial charge >= 0.3 is 11.8 Å². The Morgan fingerprint density at radius 1 is 1.14 bits per heavy atom. The van der Waals surface area contributed by atoms with Crippen LogP contribution in [0.2, 0.25) is 0 Å². The summed E-state index contributed by atoms with van der Waals surface area (Å²) in [4.78, 5) is 26.0. The van der Waals surface area contributed by atoms with Crippen LogP contribution in [0.1, 0.15) is 20.8 Å². The minimum atomic E-state index is -0.948. The smallest absolute Gasteiger partial charge is 0.280 e. The van der Waals surface area contributed by atoms with Crippen LogP contribution in [-0.4, -0.2) is 28.4 Å². The molecule has 0 bridgehead atoms. The molecule has 1 aliphatic rings. The minimum absolute atomic E-state index is 0.0922. The standard InChI is InChI=1S/C14H14F2N2O2S/c1-14(2,3)7-17-11(19)12(20)18(13(17)21)10-5-4-8(15)6-9(10)16/h4-6H,7H2,1-3H3. The molecule has 1 fully saturated rings. The van der Waals surface area contributed by atoms with Crippen LogP contribution in [0.3, 0.4) is 0 Å². The molecular formula is C14H14F2N2O2S. The number of thiocarbonyl (C=S) groups is 1. The van der Waals surface area contributed by atoms with Gasteiger partial charge in [0.2, 0.25) is 0 Å². The lowest BCUT2D eigenvalue weighted by Crippen LogP contribution is -2.38. The molecule has 0 radical (unpaired) electrons. The molecule has 0 aromatic heterocycles. The zero-order chi connectivity index (χ0) is 15.9. The molecule has 1 saturated heterocycles. The van der Waals surface area contributed by atoms with E-state index < -0.39 is 23.4 Å². The number of hydrogen-bond donors (Lipinski definition) is 0. The Morgan fingerprint density at radius 3 is 2.29 bits per heavy atom. The second-order valence-electron chi connectivity index (χ2n) is 5.97. The minimum Gasteiger partial charge on any atom is -0.280 e. The van der Waals surface area contributed by atoms with Crippen molar-refractivity contribution in [2.45, 2.75) is 20.8 Å². The van der Waals surface area contributed by atoms with Gasteiger partial charge in [-0.25, -0.2) is 13.7 Å². The van der Waals surface area contributed by atoms with Gasteiger partial charge in [0.1, 0.15) is 11.6 Å². The first kappa shape index (κ1) is 15.5. The van der Waals surface area contributed by atoms with E-state index in [0.29, 0.717) is 6.07 Å². The van der Waals surface area contributed by atoms with Crippen molar-refractivity contribution in [2.75, 3.05) is 11.4 Å². The van der Waals surface area contributed by atoms with Gasteiger partial charge in [0.05, 0.1) is 5.69 Å². The average Bonchev–Trinajstić information content (AvgIpc) is 2.53. The van der Waals surface area contributed by atoms with E-state index in [1.54, 1.807) is 0 Å². The van der Waals surface area contributed by atoms with Gasteiger partial charge in [-0.3, -0.25) is 14.5 Å². The number of benzene rings is 1. The summed E-state index contributed by atoms with van der Waals surface area (Å²) >= 11 is 5.11. The molecule has 0 unspecified atom stereocenters. The van der Waals surface area contributed by atoms with Gasteiger partial charge in [0, 0.05) is 12.6 Å². The van der Waals surface area contributed by atoms with Gasteiger partial charge in [-0.2, -0.15) is 0 Å². The highest BCUT2D eigenvalue weighted by Gasteiger charge is 2.44. The largest absolute Gasteiger partial charge is 0.323 e. The molecule has 2 rings (SSSR count). The predicted octanol–water partition coefficient (Wildman–Crippen LogP) is 2.47. The Labute approximate surface area is 126 Å². The van der Waals surface area contributed by atoms with Crippen molar-refractivity contribution in [1.82, 2.24) is 4.90 Å². The Morgan fingerprint density at radius 2 is 1.76 bits per heavy atom. The second-order valence-corrected chi connectivity index (χ2v) is 6.34. The fraction of sp³-hybridized carbons (Fsp3) is 0.357. The summed E-state index contributed by atoms with van der Waals surface area (Å²) < 4.78 is 26.8. The normalized spacial score (nSPS) is 16.1. The number of halogens is 2. The number of carbonyl (C=O) groups is 2. The topological polar surface area (TPSA) is 40.6 Å². The van der Waals surface area contributed by atoms with Crippen molar-refractivity contribution in [3.05, 3.63) is 29.8 Å². The van der Waals surface area contributed by atoms with E-state index >= 15 is 0 Å². The number of hydrogen-bond acceptors (Lipinski definition) is 3. The fourth-order valence-electron chi connectivity index (χ4n) is 1.99. The third kappa shape index (κ3) is 2.92. The number of rotatable bonds is 2. The van der Waals surface area contributed by atoms with Crippen LogP contribution in [0.25, 0.3) is 0 Å². The Kier molecular flexibility index (Phi) is 3.79. The van der Waals surface area contributed by atoms with Crippen LogP contribution >= 0.6 is 12.2 Å². The number of amides is 2. The second kappa shape index (κ2) is 5.14. The molecule has 1 aliphatic heterocycles. The molecular weight excluding hydrogens is 298 g/mol. The average molecular weight is 312 g/mol. The van der Waals surface area contributed by atoms with Crippen molar-refractivity contribution < 1.29 is 18.4 Å². The van der Waals surface area contributed by atoms with Gasteiger partial charge in [-0.1, -0.05) is 20.8 Å². The Balaban J connectivity index is 2.40. The summed E-state index contributed by atoms with van der Waals surface area (Å²) in [6.07, 6.45) is 0. The van der Waals surface area contributed by atoms with Crippen molar-refractivity contribution >= 4 is 34.8 Å². The maximum absolute atomic E-state index is 13.8. The van der Waals surface area contributed by atoms with Crippen LogP contribution in [0, 0.1) is 17.0 Å². The molecule has 4 nitrogen and oxygen atoms in total. The third-order valence-electron chi connectivity index (χ3n) is 2.84. The first-order valence-corrected chi connectivity index (χ1v) is 6.67. The van der Waals surface area contributed by atoms with E-state index in [-0.39, 0.29) is 22.8 Å². The SMILES string of the molecule is CC(C)(C)CN1C(=O)C(=O)N(c2ccc(F)cc2F)C1=S. The lowest BCUT2D eigenvalue weighted by atomic mass is 9.96. The zero-order valence-corrected chi connectivity index (χ0v) is 12.6. The maximum atomic E-state index is 13.8. The highest BCUT2D eigenvalue weighted by molar-refractivity contribution is 7.80. The summed E-state index contributed by atoms with van der Waals surface area (Å²) in [5.41, 5.74) is -0.506. The molecule has 0 spiro atoms. The van der Waals surface area contributed by atoms with Gasteiger partial charge in [-0.15, -0.1) is 0 Å². The molecule has 1 aromatic rings. The molecule has 1 aromatic carbocycles.